The number of benzene rings is 4. The lowest BCUT2D eigenvalue weighted by Crippen LogP contribution is -2.32. The molecule has 0 amide bonds. The van der Waals surface area contributed by atoms with Gasteiger partial charge in [-0.2, -0.15) is 0 Å². The molecule has 4 aromatic carbocycles. The summed E-state index contributed by atoms with van der Waals surface area (Å²) in [5.41, 5.74) is 6.03. The van der Waals surface area contributed by atoms with E-state index in [0.29, 0.717) is 11.2 Å². The van der Waals surface area contributed by atoms with Crippen molar-refractivity contribution in [2.75, 3.05) is 5.32 Å². The quantitative estimate of drug-likeness (QED) is 0.458. The molecule has 0 radical (unpaired) electrons. The standard InChI is InChI=1S/C24H20BNO2/c27-25(28)22-17-16-21(18-10-4-1-5-11-18)23(19-12-6-2-7-13-19)24(22)26-20-14-8-3-9-15-20/h1-17,26-28H. The first kappa shape index (κ1) is 18.0. The fourth-order valence-corrected chi connectivity index (χ4v) is 3.40. The zero-order valence-electron chi connectivity index (χ0n) is 15.3. The summed E-state index contributed by atoms with van der Waals surface area (Å²) in [6.07, 6.45) is 0. The summed E-state index contributed by atoms with van der Waals surface area (Å²) in [5, 5.41) is 23.5. The van der Waals surface area contributed by atoms with Gasteiger partial charge in [-0.05, 0) is 28.8 Å². The zero-order valence-corrected chi connectivity index (χ0v) is 15.3. The van der Waals surface area contributed by atoms with Crippen molar-refractivity contribution in [2.45, 2.75) is 0 Å². The van der Waals surface area contributed by atoms with Gasteiger partial charge in [-0.1, -0.05) is 91.0 Å². The van der Waals surface area contributed by atoms with Crippen molar-refractivity contribution in [1.29, 1.82) is 0 Å². The van der Waals surface area contributed by atoms with Gasteiger partial charge in [0.2, 0.25) is 0 Å². The maximum atomic E-state index is 10.0. The average Bonchev–Trinajstić information content (AvgIpc) is 2.75. The third-order valence-corrected chi connectivity index (χ3v) is 4.71. The molecule has 0 aromatic heterocycles. The van der Waals surface area contributed by atoms with Crippen molar-refractivity contribution < 1.29 is 10.0 Å². The molecule has 0 fully saturated rings. The van der Waals surface area contributed by atoms with Crippen LogP contribution in [0.5, 0.6) is 0 Å². The van der Waals surface area contributed by atoms with Gasteiger partial charge < -0.3 is 15.4 Å². The monoisotopic (exact) mass is 365 g/mol. The predicted molar refractivity (Wildman–Crippen MR) is 117 cm³/mol. The summed E-state index contributed by atoms with van der Waals surface area (Å²) in [7, 11) is -1.58. The molecule has 4 rings (SSSR count). The number of nitrogens with one attached hydrogen (secondary N) is 1. The molecule has 0 saturated carbocycles. The average molecular weight is 365 g/mol. The van der Waals surface area contributed by atoms with Crippen molar-refractivity contribution in [2.24, 2.45) is 0 Å². The summed E-state index contributed by atoms with van der Waals surface area (Å²) in [6.45, 7) is 0. The highest BCUT2D eigenvalue weighted by Gasteiger charge is 2.23. The van der Waals surface area contributed by atoms with Crippen LogP contribution in [0, 0.1) is 0 Å². The van der Waals surface area contributed by atoms with E-state index in [1.807, 2.05) is 84.9 Å². The van der Waals surface area contributed by atoms with Crippen LogP contribution >= 0.6 is 0 Å². The van der Waals surface area contributed by atoms with Crippen LogP contribution < -0.4 is 10.8 Å². The van der Waals surface area contributed by atoms with Gasteiger partial charge in [0.15, 0.2) is 0 Å². The van der Waals surface area contributed by atoms with E-state index in [1.54, 1.807) is 6.07 Å². The third kappa shape index (κ3) is 3.69. The summed E-state index contributed by atoms with van der Waals surface area (Å²) in [6, 6.07) is 33.6. The second kappa shape index (κ2) is 8.13. The van der Waals surface area contributed by atoms with Gasteiger partial charge in [0.25, 0.3) is 0 Å². The van der Waals surface area contributed by atoms with Crippen LogP contribution in [0.25, 0.3) is 22.3 Å². The van der Waals surface area contributed by atoms with Gasteiger partial charge in [0, 0.05) is 22.4 Å². The molecule has 0 spiro atoms. The van der Waals surface area contributed by atoms with E-state index in [0.717, 1.165) is 27.9 Å². The molecule has 3 N–H and O–H groups in total. The lowest BCUT2D eigenvalue weighted by Gasteiger charge is -2.21. The van der Waals surface area contributed by atoms with Crippen molar-refractivity contribution in [3.63, 3.8) is 0 Å². The van der Waals surface area contributed by atoms with E-state index in [4.69, 9.17) is 0 Å². The Morgan fingerprint density at radius 3 is 1.68 bits per heavy atom. The molecule has 0 unspecified atom stereocenters. The highest BCUT2D eigenvalue weighted by molar-refractivity contribution is 6.61. The predicted octanol–water partition coefficient (Wildman–Crippen LogP) is 4.44. The van der Waals surface area contributed by atoms with Crippen molar-refractivity contribution in [3.8, 4) is 22.3 Å². The fourth-order valence-electron chi connectivity index (χ4n) is 3.40. The number of para-hydroxylation sites is 1. The molecule has 4 heteroatoms. The molecule has 28 heavy (non-hydrogen) atoms. The van der Waals surface area contributed by atoms with E-state index in [9.17, 15) is 10.0 Å². The molecule has 0 aliphatic carbocycles. The van der Waals surface area contributed by atoms with Crippen molar-refractivity contribution in [1.82, 2.24) is 0 Å². The normalized spacial score (nSPS) is 10.5. The lowest BCUT2D eigenvalue weighted by molar-refractivity contribution is 0.426. The minimum atomic E-state index is -1.58. The molecule has 0 heterocycles. The molecule has 0 bridgehead atoms. The van der Waals surface area contributed by atoms with E-state index in [1.165, 1.54) is 0 Å². The number of rotatable bonds is 5. The maximum Gasteiger partial charge on any atom is 0.490 e. The van der Waals surface area contributed by atoms with Crippen LogP contribution in [0.15, 0.2) is 103 Å². The van der Waals surface area contributed by atoms with Gasteiger partial charge in [-0.15, -0.1) is 0 Å². The minimum Gasteiger partial charge on any atom is -0.423 e. The number of hydrogen-bond donors (Lipinski definition) is 3. The van der Waals surface area contributed by atoms with E-state index >= 15 is 0 Å². The fraction of sp³-hybridized carbons (Fsp3) is 0. The Labute approximate surface area is 165 Å². The van der Waals surface area contributed by atoms with Crippen LogP contribution in [-0.2, 0) is 0 Å². The molecule has 0 aliphatic rings. The first-order valence-electron chi connectivity index (χ1n) is 9.20. The first-order valence-corrected chi connectivity index (χ1v) is 9.20. The zero-order chi connectivity index (χ0) is 19.3. The molecule has 136 valence electrons. The second-order valence-corrected chi connectivity index (χ2v) is 6.55. The highest BCUT2D eigenvalue weighted by Crippen LogP contribution is 2.38. The second-order valence-electron chi connectivity index (χ2n) is 6.55. The van der Waals surface area contributed by atoms with Crippen LogP contribution in [0.1, 0.15) is 0 Å². The first-order chi connectivity index (χ1) is 13.7. The Hall–Kier alpha value is -3.34. The van der Waals surface area contributed by atoms with Crippen LogP contribution in [0.2, 0.25) is 0 Å². The number of anilines is 2. The molecule has 0 saturated heterocycles. The topological polar surface area (TPSA) is 52.5 Å². The Morgan fingerprint density at radius 2 is 1.11 bits per heavy atom. The van der Waals surface area contributed by atoms with Gasteiger partial charge in [0.1, 0.15) is 0 Å². The maximum absolute atomic E-state index is 10.0. The summed E-state index contributed by atoms with van der Waals surface area (Å²) in [4.78, 5) is 0. The lowest BCUT2D eigenvalue weighted by atomic mass is 9.75. The molecule has 0 atom stereocenters. The highest BCUT2D eigenvalue weighted by atomic mass is 16.4. The van der Waals surface area contributed by atoms with E-state index in [2.05, 4.69) is 17.4 Å². The molecule has 0 aliphatic heterocycles. The summed E-state index contributed by atoms with van der Waals surface area (Å²) in [5.74, 6) is 0. The third-order valence-electron chi connectivity index (χ3n) is 4.71. The Balaban J connectivity index is 2.00. The summed E-state index contributed by atoms with van der Waals surface area (Å²) >= 11 is 0. The van der Waals surface area contributed by atoms with Crippen molar-refractivity contribution >= 4 is 24.0 Å². The van der Waals surface area contributed by atoms with E-state index < -0.39 is 7.12 Å². The number of hydrogen-bond acceptors (Lipinski definition) is 3. The Bertz CT molecular complexity index is 1050. The van der Waals surface area contributed by atoms with E-state index in [-0.39, 0.29) is 0 Å². The van der Waals surface area contributed by atoms with Gasteiger partial charge in [-0.3, -0.25) is 0 Å². The van der Waals surface area contributed by atoms with Crippen LogP contribution in [0.4, 0.5) is 11.4 Å². The molecular formula is C24H20BNO2. The molecular weight excluding hydrogens is 345 g/mol. The van der Waals surface area contributed by atoms with Gasteiger partial charge in [0.05, 0.1) is 0 Å². The Kier molecular flexibility index (Phi) is 5.24. The Morgan fingerprint density at radius 1 is 0.571 bits per heavy atom. The minimum absolute atomic E-state index is 0.433. The van der Waals surface area contributed by atoms with Gasteiger partial charge in [-0.25, -0.2) is 0 Å². The molecule has 3 nitrogen and oxygen atoms in total. The van der Waals surface area contributed by atoms with Crippen LogP contribution in [-0.4, -0.2) is 17.2 Å². The summed E-state index contributed by atoms with van der Waals surface area (Å²) < 4.78 is 0. The smallest absolute Gasteiger partial charge is 0.423 e. The molecule has 4 aromatic rings. The van der Waals surface area contributed by atoms with Gasteiger partial charge >= 0.3 is 7.12 Å². The van der Waals surface area contributed by atoms with Crippen LogP contribution in [0.3, 0.4) is 0 Å². The van der Waals surface area contributed by atoms with Crippen molar-refractivity contribution in [3.05, 3.63) is 103 Å². The largest absolute Gasteiger partial charge is 0.490 e. The SMILES string of the molecule is OB(O)c1ccc(-c2ccccc2)c(-c2ccccc2)c1Nc1ccccc1.